The molecule has 0 saturated heterocycles. The number of nitrogens with two attached hydrogens (primary N) is 1. The van der Waals surface area contributed by atoms with E-state index in [1.165, 1.54) is 0 Å². The summed E-state index contributed by atoms with van der Waals surface area (Å²) in [6.45, 7) is 6.99. The first kappa shape index (κ1) is 16.7. The molecule has 0 saturated carbocycles. The minimum atomic E-state index is -0.0703. The lowest BCUT2D eigenvalue weighted by Crippen LogP contribution is -2.35. The van der Waals surface area contributed by atoms with Crippen LogP contribution >= 0.6 is 0 Å². The molecule has 1 amide bonds. The Labute approximate surface area is 122 Å². The second kappa shape index (κ2) is 8.75. The zero-order valence-electron chi connectivity index (χ0n) is 12.9. The van der Waals surface area contributed by atoms with Gasteiger partial charge >= 0.3 is 0 Å². The van der Waals surface area contributed by atoms with Crippen LogP contribution in [-0.4, -0.2) is 18.5 Å². The molecule has 3 atom stereocenters. The summed E-state index contributed by atoms with van der Waals surface area (Å²) in [5, 5.41) is 3.04. The fourth-order valence-electron chi connectivity index (χ4n) is 2.33. The van der Waals surface area contributed by atoms with E-state index in [0.29, 0.717) is 12.5 Å². The van der Waals surface area contributed by atoms with Crippen molar-refractivity contribution in [1.82, 2.24) is 5.32 Å². The molecular weight excluding hydrogens is 248 g/mol. The van der Waals surface area contributed by atoms with Crippen molar-refractivity contribution < 1.29 is 4.79 Å². The van der Waals surface area contributed by atoms with Gasteiger partial charge in [-0.1, -0.05) is 57.5 Å². The Morgan fingerprint density at radius 1 is 1.20 bits per heavy atom. The molecule has 3 nitrogen and oxygen atoms in total. The summed E-state index contributed by atoms with van der Waals surface area (Å²) < 4.78 is 0. The summed E-state index contributed by atoms with van der Waals surface area (Å²) in [5.74, 6) is 0.380. The van der Waals surface area contributed by atoms with Crippen LogP contribution in [0.15, 0.2) is 30.3 Å². The van der Waals surface area contributed by atoms with E-state index in [9.17, 15) is 4.79 Å². The van der Waals surface area contributed by atoms with Crippen LogP contribution in [-0.2, 0) is 4.79 Å². The highest BCUT2D eigenvalue weighted by molar-refractivity contribution is 5.83. The number of amides is 1. The normalized spacial score (nSPS) is 15.4. The largest absolute Gasteiger partial charge is 0.356 e. The minimum Gasteiger partial charge on any atom is -0.356 e. The van der Waals surface area contributed by atoms with Crippen molar-refractivity contribution in [2.75, 3.05) is 6.54 Å². The summed E-state index contributed by atoms with van der Waals surface area (Å²) in [6.07, 6.45) is 2.77. The molecule has 20 heavy (non-hydrogen) atoms. The first-order valence-electron chi connectivity index (χ1n) is 7.68. The first-order chi connectivity index (χ1) is 9.60. The molecule has 0 fully saturated rings. The fraction of sp³-hybridized carbons (Fsp3) is 0.588. The second-order valence-corrected chi connectivity index (χ2v) is 5.52. The molecule has 3 N–H and O–H groups in total. The molecule has 0 spiro atoms. The van der Waals surface area contributed by atoms with Crippen LogP contribution in [0.25, 0.3) is 0 Å². The van der Waals surface area contributed by atoms with Crippen LogP contribution in [0.4, 0.5) is 0 Å². The van der Waals surface area contributed by atoms with Gasteiger partial charge in [0.05, 0.1) is 5.92 Å². The Hall–Kier alpha value is -1.35. The van der Waals surface area contributed by atoms with Gasteiger partial charge in [-0.15, -0.1) is 0 Å². The molecule has 0 aliphatic heterocycles. The van der Waals surface area contributed by atoms with Crippen LogP contribution < -0.4 is 11.1 Å². The lowest BCUT2D eigenvalue weighted by atomic mass is 9.85. The molecular formula is C17H28N2O. The van der Waals surface area contributed by atoms with E-state index < -0.39 is 0 Å². The van der Waals surface area contributed by atoms with Crippen molar-refractivity contribution in [3.63, 3.8) is 0 Å². The molecule has 112 valence electrons. The predicted octanol–water partition coefficient (Wildman–Crippen LogP) is 3.06. The van der Waals surface area contributed by atoms with E-state index in [2.05, 4.69) is 26.1 Å². The quantitative estimate of drug-likeness (QED) is 0.766. The van der Waals surface area contributed by atoms with Crippen molar-refractivity contribution in [2.45, 2.75) is 52.0 Å². The Bertz CT molecular complexity index is 391. The van der Waals surface area contributed by atoms with Crippen LogP contribution in [0.3, 0.4) is 0 Å². The SMILES string of the molecule is CCC(N)CCNC(=O)C(c1ccccc1)C(C)CC. The highest BCUT2D eigenvalue weighted by atomic mass is 16.1. The summed E-state index contributed by atoms with van der Waals surface area (Å²) in [5.41, 5.74) is 6.98. The van der Waals surface area contributed by atoms with Gasteiger partial charge in [-0.2, -0.15) is 0 Å². The van der Waals surface area contributed by atoms with Gasteiger partial charge in [0, 0.05) is 12.6 Å². The maximum Gasteiger partial charge on any atom is 0.227 e. The van der Waals surface area contributed by atoms with Crippen LogP contribution in [0, 0.1) is 5.92 Å². The topological polar surface area (TPSA) is 55.1 Å². The Morgan fingerprint density at radius 2 is 1.85 bits per heavy atom. The smallest absolute Gasteiger partial charge is 0.227 e. The van der Waals surface area contributed by atoms with E-state index in [1.807, 2.05) is 30.3 Å². The molecule has 0 aliphatic rings. The number of benzene rings is 1. The van der Waals surface area contributed by atoms with E-state index in [4.69, 9.17) is 5.73 Å². The third-order valence-electron chi connectivity index (χ3n) is 3.99. The molecule has 0 aromatic heterocycles. The third-order valence-corrected chi connectivity index (χ3v) is 3.99. The van der Waals surface area contributed by atoms with E-state index >= 15 is 0 Å². The summed E-state index contributed by atoms with van der Waals surface area (Å²) in [4.78, 5) is 12.5. The third kappa shape index (κ3) is 4.97. The Morgan fingerprint density at radius 3 is 2.40 bits per heavy atom. The van der Waals surface area contributed by atoms with Gasteiger partial charge in [0.1, 0.15) is 0 Å². The zero-order chi connectivity index (χ0) is 15.0. The highest BCUT2D eigenvalue weighted by Crippen LogP contribution is 2.27. The summed E-state index contributed by atoms with van der Waals surface area (Å²) in [6, 6.07) is 10.2. The van der Waals surface area contributed by atoms with Gasteiger partial charge in [0.2, 0.25) is 5.91 Å². The molecule has 1 aromatic rings. The van der Waals surface area contributed by atoms with Crippen molar-refractivity contribution in [2.24, 2.45) is 11.7 Å². The van der Waals surface area contributed by atoms with Gasteiger partial charge in [-0.3, -0.25) is 4.79 Å². The zero-order valence-corrected chi connectivity index (χ0v) is 12.9. The first-order valence-corrected chi connectivity index (χ1v) is 7.68. The van der Waals surface area contributed by atoms with E-state index in [-0.39, 0.29) is 17.9 Å². The molecule has 3 unspecified atom stereocenters. The van der Waals surface area contributed by atoms with Gasteiger partial charge in [0.25, 0.3) is 0 Å². The van der Waals surface area contributed by atoms with Gasteiger partial charge in [0.15, 0.2) is 0 Å². The Kier molecular flexibility index (Phi) is 7.31. The predicted molar refractivity (Wildman–Crippen MR) is 84.5 cm³/mol. The number of nitrogens with one attached hydrogen (secondary N) is 1. The van der Waals surface area contributed by atoms with Gasteiger partial charge < -0.3 is 11.1 Å². The van der Waals surface area contributed by atoms with Gasteiger partial charge in [-0.25, -0.2) is 0 Å². The van der Waals surface area contributed by atoms with E-state index in [0.717, 1.165) is 24.8 Å². The maximum atomic E-state index is 12.5. The van der Waals surface area contributed by atoms with Crippen molar-refractivity contribution >= 4 is 5.91 Å². The van der Waals surface area contributed by atoms with Crippen LogP contribution in [0.1, 0.15) is 51.5 Å². The molecule has 0 aliphatic carbocycles. The van der Waals surface area contributed by atoms with E-state index in [1.54, 1.807) is 0 Å². The van der Waals surface area contributed by atoms with Crippen LogP contribution in [0.5, 0.6) is 0 Å². The maximum absolute atomic E-state index is 12.5. The van der Waals surface area contributed by atoms with Crippen molar-refractivity contribution in [3.05, 3.63) is 35.9 Å². The summed E-state index contributed by atoms with van der Waals surface area (Å²) >= 11 is 0. The number of hydrogen-bond acceptors (Lipinski definition) is 2. The molecule has 0 bridgehead atoms. The monoisotopic (exact) mass is 276 g/mol. The highest BCUT2D eigenvalue weighted by Gasteiger charge is 2.25. The average Bonchev–Trinajstić information content (AvgIpc) is 2.48. The lowest BCUT2D eigenvalue weighted by Gasteiger charge is -2.23. The number of carbonyl (C=O) groups is 1. The second-order valence-electron chi connectivity index (χ2n) is 5.52. The standard InChI is InChI=1S/C17H28N2O/c1-4-13(3)16(14-9-7-6-8-10-14)17(20)19-12-11-15(18)5-2/h6-10,13,15-16H,4-5,11-12,18H2,1-3H3,(H,19,20). The van der Waals surface area contributed by atoms with Gasteiger partial charge in [-0.05, 0) is 24.3 Å². The molecule has 1 rings (SSSR count). The molecule has 0 heterocycles. The minimum absolute atomic E-state index is 0.0703. The molecule has 3 heteroatoms. The lowest BCUT2D eigenvalue weighted by molar-refractivity contribution is -0.123. The number of hydrogen-bond donors (Lipinski definition) is 2. The average molecular weight is 276 g/mol. The molecule has 0 radical (unpaired) electrons. The van der Waals surface area contributed by atoms with Crippen molar-refractivity contribution in [3.8, 4) is 0 Å². The summed E-state index contributed by atoms with van der Waals surface area (Å²) in [7, 11) is 0. The number of rotatable bonds is 8. The van der Waals surface area contributed by atoms with Crippen molar-refractivity contribution in [1.29, 1.82) is 0 Å². The molecule has 1 aromatic carbocycles. The fourth-order valence-corrected chi connectivity index (χ4v) is 2.33. The number of carbonyl (C=O) groups excluding carboxylic acids is 1. The Balaban J connectivity index is 2.67. The van der Waals surface area contributed by atoms with Crippen LogP contribution in [0.2, 0.25) is 0 Å².